The third-order valence-corrected chi connectivity index (χ3v) is 8.39. The average Bonchev–Trinajstić information content (AvgIpc) is 2.80. The molecule has 1 N–H and O–H groups in total. The van der Waals surface area contributed by atoms with Gasteiger partial charge in [-0.05, 0) is 36.8 Å². The Bertz CT molecular complexity index is 1190. The maximum absolute atomic E-state index is 13.4. The van der Waals surface area contributed by atoms with Crippen LogP contribution in [-0.4, -0.2) is 33.2 Å². The van der Waals surface area contributed by atoms with Gasteiger partial charge in [0, 0.05) is 18.1 Å². The van der Waals surface area contributed by atoms with Crippen LogP contribution in [0, 0.1) is 6.92 Å². The summed E-state index contributed by atoms with van der Waals surface area (Å²) in [6.07, 6.45) is 0. The lowest BCUT2D eigenvalue weighted by Crippen LogP contribution is -2.41. The number of aryl methyl sites for hydroxylation is 1. The van der Waals surface area contributed by atoms with E-state index in [0.29, 0.717) is 12.3 Å². The van der Waals surface area contributed by atoms with Crippen LogP contribution in [0.5, 0.6) is 0 Å². The number of halogens is 2. The highest BCUT2D eigenvalue weighted by Gasteiger charge is 2.29. The molecule has 0 atom stereocenters. The first-order chi connectivity index (χ1) is 15.8. The monoisotopic (exact) mass is 522 g/mol. The van der Waals surface area contributed by atoms with Crippen LogP contribution < -0.4 is 9.62 Å². The highest BCUT2D eigenvalue weighted by atomic mass is 35.5. The first-order valence-corrected chi connectivity index (χ1v) is 13.6. The maximum atomic E-state index is 13.4. The van der Waals surface area contributed by atoms with E-state index in [0.717, 1.165) is 15.6 Å². The van der Waals surface area contributed by atoms with Crippen LogP contribution in [0.2, 0.25) is 10.0 Å². The summed E-state index contributed by atoms with van der Waals surface area (Å²) in [5, 5.41) is 3.07. The summed E-state index contributed by atoms with van der Waals surface area (Å²) in [5.41, 5.74) is 2.28. The lowest BCUT2D eigenvalue weighted by Gasteiger charge is -2.25. The molecule has 0 radical (unpaired) electrons. The first kappa shape index (κ1) is 25.4. The normalized spacial score (nSPS) is 11.2. The van der Waals surface area contributed by atoms with Gasteiger partial charge in [-0.25, -0.2) is 8.42 Å². The van der Waals surface area contributed by atoms with E-state index in [1.165, 1.54) is 23.8 Å². The smallest absolute Gasteiger partial charge is 0.264 e. The van der Waals surface area contributed by atoms with Gasteiger partial charge in [0.05, 0.1) is 20.6 Å². The third-order valence-electron chi connectivity index (χ3n) is 4.78. The number of thioether (sulfide) groups is 1. The highest BCUT2D eigenvalue weighted by Crippen LogP contribution is 2.35. The zero-order chi connectivity index (χ0) is 23.8. The van der Waals surface area contributed by atoms with E-state index in [2.05, 4.69) is 5.32 Å². The second-order valence-corrected chi connectivity index (χ2v) is 11.0. The number of hydrogen-bond donors (Lipinski definition) is 1. The van der Waals surface area contributed by atoms with Gasteiger partial charge in [0.1, 0.15) is 6.54 Å². The standard InChI is InChI=1S/C24H24Cl2N2O3S2/c1-18-10-12-20(13-11-18)33(30,31)28(22-9-5-8-21(25)24(22)26)16-23(29)27-14-15-32-17-19-6-3-2-4-7-19/h2-13H,14-17H2,1H3,(H,27,29). The summed E-state index contributed by atoms with van der Waals surface area (Å²) >= 11 is 14.1. The summed E-state index contributed by atoms with van der Waals surface area (Å²) in [6, 6.07) is 21.2. The van der Waals surface area contributed by atoms with E-state index >= 15 is 0 Å². The number of amides is 1. The fraction of sp³-hybridized carbons (Fsp3) is 0.208. The molecule has 0 bridgehead atoms. The zero-order valence-electron chi connectivity index (χ0n) is 18.0. The third kappa shape index (κ3) is 6.90. The number of carbonyl (C=O) groups excluding carboxylic acids is 1. The Balaban J connectivity index is 1.71. The van der Waals surface area contributed by atoms with Gasteiger partial charge < -0.3 is 5.32 Å². The van der Waals surface area contributed by atoms with Crippen molar-refractivity contribution in [3.63, 3.8) is 0 Å². The minimum atomic E-state index is -4.05. The Hall–Kier alpha value is -2.19. The molecule has 0 unspecified atom stereocenters. The number of hydrogen-bond acceptors (Lipinski definition) is 4. The fourth-order valence-electron chi connectivity index (χ4n) is 3.04. The zero-order valence-corrected chi connectivity index (χ0v) is 21.1. The minimum Gasteiger partial charge on any atom is -0.354 e. The lowest BCUT2D eigenvalue weighted by molar-refractivity contribution is -0.119. The van der Waals surface area contributed by atoms with Gasteiger partial charge in [-0.2, -0.15) is 11.8 Å². The van der Waals surface area contributed by atoms with Gasteiger partial charge in [0.25, 0.3) is 10.0 Å². The summed E-state index contributed by atoms with van der Waals surface area (Å²) in [6.45, 7) is 1.86. The van der Waals surface area contributed by atoms with Crippen molar-refractivity contribution in [3.05, 3.63) is 94.0 Å². The predicted octanol–water partition coefficient (Wildman–Crippen LogP) is 5.55. The number of anilines is 1. The second-order valence-electron chi connectivity index (χ2n) is 7.29. The molecule has 9 heteroatoms. The molecular formula is C24H24Cl2N2O3S2. The van der Waals surface area contributed by atoms with Crippen molar-refractivity contribution in [2.45, 2.75) is 17.6 Å². The second kappa shape index (κ2) is 11.8. The van der Waals surface area contributed by atoms with Crippen molar-refractivity contribution in [1.29, 1.82) is 0 Å². The number of sulfonamides is 1. The van der Waals surface area contributed by atoms with Crippen LogP contribution in [0.4, 0.5) is 5.69 Å². The Morgan fingerprint density at radius 3 is 2.36 bits per heavy atom. The summed E-state index contributed by atoms with van der Waals surface area (Å²) in [5.74, 6) is 1.11. The van der Waals surface area contributed by atoms with Crippen LogP contribution >= 0.6 is 35.0 Å². The highest BCUT2D eigenvalue weighted by molar-refractivity contribution is 7.98. The van der Waals surface area contributed by atoms with Gasteiger partial charge in [-0.15, -0.1) is 0 Å². The van der Waals surface area contributed by atoms with Gasteiger partial charge in [-0.3, -0.25) is 9.10 Å². The molecular weight excluding hydrogens is 499 g/mol. The molecule has 3 aromatic rings. The van der Waals surface area contributed by atoms with Crippen molar-refractivity contribution < 1.29 is 13.2 Å². The van der Waals surface area contributed by atoms with Crippen LogP contribution in [0.1, 0.15) is 11.1 Å². The van der Waals surface area contributed by atoms with E-state index < -0.39 is 22.5 Å². The molecule has 0 aliphatic heterocycles. The number of carbonyl (C=O) groups is 1. The van der Waals surface area contributed by atoms with Crippen LogP contribution in [-0.2, 0) is 20.6 Å². The molecule has 174 valence electrons. The number of rotatable bonds is 10. The minimum absolute atomic E-state index is 0.0651. The lowest BCUT2D eigenvalue weighted by atomic mass is 10.2. The predicted molar refractivity (Wildman–Crippen MR) is 138 cm³/mol. The average molecular weight is 524 g/mol. The van der Waals surface area contributed by atoms with Crippen LogP contribution in [0.15, 0.2) is 77.7 Å². The van der Waals surface area contributed by atoms with Crippen molar-refractivity contribution in [2.24, 2.45) is 0 Å². The summed E-state index contributed by atoms with van der Waals surface area (Å²) in [7, 11) is -4.05. The molecule has 33 heavy (non-hydrogen) atoms. The summed E-state index contributed by atoms with van der Waals surface area (Å²) in [4.78, 5) is 12.8. The van der Waals surface area contributed by atoms with Gasteiger partial charge in [-0.1, -0.05) is 77.3 Å². The molecule has 5 nitrogen and oxygen atoms in total. The van der Waals surface area contributed by atoms with E-state index in [4.69, 9.17) is 23.2 Å². The van der Waals surface area contributed by atoms with Gasteiger partial charge >= 0.3 is 0 Å². The van der Waals surface area contributed by atoms with E-state index in [-0.39, 0.29) is 20.6 Å². The van der Waals surface area contributed by atoms with Crippen molar-refractivity contribution >= 4 is 56.6 Å². The number of benzene rings is 3. The Morgan fingerprint density at radius 1 is 0.970 bits per heavy atom. The molecule has 0 aliphatic rings. The molecule has 0 saturated carbocycles. The Kier molecular flexibility index (Phi) is 9.09. The van der Waals surface area contributed by atoms with E-state index in [9.17, 15) is 13.2 Å². The van der Waals surface area contributed by atoms with Crippen LogP contribution in [0.25, 0.3) is 0 Å². The molecule has 0 saturated heterocycles. The molecule has 0 heterocycles. The van der Waals surface area contributed by atoms with Crippen LogP contribution in [0.3, 0.4) is 0 Å². The largest absolute Gasteiger partial charge is 0.354 e. The van der Waals surface area contributed by atoms with E-state index in [1.54, 1.807) is 36.0 Å². The molecule has 3 rings (SSSR count). The van der Waals surface area contributed by atoms with E-state index in [1.807, 2.05) is 37.3 Å². The van der Waals surface area contributed by atoms with Gasteiger partial charge in [0.2, 0.25) is 5.91 Å². The first-order valence-electron chi connectivity index (χ1n) is 10.2. The maximum Gasteiger partial charge on any atom is 0.264 e. The van der Waals surface area contributed by atoms with Crippen molar-refractivity contribution in [2.75, 3.05) is 23.1 Å². The van der Waals surface area contributed by atoms with Crippen molar-refractivity contribution in [1.82, 2.24) is 5.32 Å². The summed E-state index contributed by atoms with van der Waals surface area (Å²) < 4.78 is 27.8. The fourth-order valence-corrected chi connectivity index (χ4v) is 5.73. The molecule has 0 spiro atoms. The Labute approximate surface area is 209 Å². The molecule has 0 aromatic heterocycles. The Morgan fingerprint density at radius 2 is 1.67 bits per heavy atom. The molecule has 0 aliphatic carbocycles. The molecule has 3 aromatic carbocycles. The quantitative estimate of drug-likeness (QED) is 0.354. The number of nitrogens with one attached hydrogen (secondary N) is 1. The molecule has 1 amide bonds. The van der Waals surface area contributed by atoms with Crippen molar-refractivity contribution in [3.8, 4) is 0 Å². The molecule has 0 fully saturated rings. The van der Waals surface area contributed by atoms with Gasteiger partial charge in [0.15, 0.2) is 0 Å². The SMILES string of the molecule is Cc1ccc(S(=O)(=O)N(CC(=O)NCCSCc2ccccc2)c2cccc(Cl)c2Cl)cc1. The number of nitrogens with zero attached hydrogens (tertiary/aromatic N) is 1. The topological polar surface area (TPSA) is 66.5 Å².